The lowest BCUT2D eigenvalue weighted by atomic mass is 10.0. The van der Waals surface area contributed by atoms with Crippen molar-refractivity contribution in [2.45, 2.75) is 13.8 Å². The van der Waals surface area contributed by atoms with Crippen molar-refractivity contribution in [1.82, 2.24) is 9.97 Å². The third-order valence-corrected chi connectivity index (χ3v) is 5.41. The maximum atomic E-state index is 5.31. The van der Waals surface area contributed by atoms with E-state index in [1.165, 1.54) is 16.7 Å². The van der Waals surface area contributed by atoms with Crippen molar-refractivity contribution in [3.63, 3.8) is 0 Å². The van der Waals surface area contributed by atoms with E-state index in [2.05, 4.69) is 52.7 Å². The predicted molar refractivity (Wildman–Crippen MR) is 109 cm³/mol. The number of methoxy groups -OCH3 is 1. The highest BCUT2D eigenvalue weighted by Gasteiger charge is 2.14. The average Bonchev–Trinajstić information content (AvgIpc) is 3.09. The first-order valence-electron chi connectivity index (χ1n) is 8.36. The number of nitrogens with zero attached hydrogens (tertiary/aromatic N) is 2. The van der Waals surface area contributed by atoms with Crippen molar-refractivity contribution >= 4 is 33.1 Å². The number of hydrogen-bond donors (Lipinski definition) is 1. The van der Waals surface area contributed by atoms with Crippen molar-refractivity contribution in [3.05, 3.63) is 65.3 Å². The van der Waals surface area contributed by atoms with Gasteiger partial charge in [-0.1, -0.05) is 24.3 Å². The van der Waals surface area contributed by atoms with E-state index in [0.29, 0.717) is 0 Å². The van der Waals surface area contributed by atoms with E-state index in [9.17, 15) is 0 Å². The van der Waals surface area contributed by atoms with E-state index in [-0.39, 0.29) is 0 Å². The molecule has 0 atom stereocenters. The monoisotopic (exact) mass is 361 g/mol. The van der Waals surface area contributed by atoms with Crippen molar-refractivity contribution in [2.75, 3.05) is 12.4 Å². The topological polar surface area (TPSA) is 47.0 Å². The van der Waals surface area contributed by atoms with Crippen LogP contribution in [0.3, 0.4) is 0 Å². The standard InChI is InChI=1S/C21H19N3OS/c1-13-7-8-15(9-14(13)2)18-11-26-21-19(18)20(22-12-23-21)24-16-5-4-6-17(10-16)25-3/h4-12H,1-3H3,(H,22,23,24). The summed E-state index contributed by atoms with van der Waals surface area (Å²) in [7, 11) is 1.67. The first kappa shape index (κ1) is 16.5. The summed E-state index contributed by atoms with van der Waals surface area (Å²) in [4.78, 5) is 9.92. The van der Waals surface area contributed by atoms with E-state index >= 15 is 0 Å². The number of rotatable bonds is 4. The molecule has 0 aliphatic heterocycles. The molecule has 0 radical (unpaired) electrons. The minimum Gasteiger partial charge on any atom is -0.497 e. The fourth-order valence-corrected chi connectivity index (χ4v) is 3.84. The van der Waals surface area contributed by atoms with Gasteiger partial charge < -0.3 is 10.1 Å². The molecule has 0 spiro atoms. The molecule has 130 valence electrons. The number of thiophene rings is 1. The lowest BCUT2D eigenvalue weighted by Crippen LogP contribution is -1.96. The van der Waals surface area contributed by atoms with E-state index in [1.807, 2.05) is 24.3 Å². The van der Waals surface area contributed by atoms with Crippen LogP contribution in [0, 0.1) is 13.8 Å². The van der Waals surface area contributed by atoms with Crippen LogP contribution in [0.4, 0.5) is 11.5 Å². The molecular formula is C21H19N3OS. The van der Waals surface area contributed by atoms with Crippen molar-refractivity contribution < 1.29 is 4.74 Å². The smallest absolute Gasteiger partial charge is 0.143 e. The number of fused-ring (bicyclic) bond motifs is 1. The first-order chi connectivity index (χ1) is 12.7. The molecule has 2 heterocycles. The van der Waals surface area contributed by atoms with Crippen LogP contribution in [0.1, 0.15) is 11.1 Å². The Kier molecular flexibility index (Phi) is 4.31. The summed E-state index contributed by atoms with van der Waals surface area (Å²) in [5, 5.41) is 6.62. The first-order valence-corrected chi connectivity index (χ1v) is 9.24. The van der Waals surface area contributed by atoms with Crippen LogP contribution in [-0.4, -0.2) is 17.1 Å². The molecular weight excluding hydrogens is 342 g/mol. The second kappa shape index (κ2) is 6.77. The summed E-state index contributed by atoms with van der Waals surface area (Å²) in [6.45, 7) is 4.27. The molecule has 0 saturated heterocycles. The Morgan fingerprint density at radius 3 is 2.69 bits per heavy atom. The maximum absolute atomic E-state index is 5.31. The van der Waals surface area contributed by atoms with Gasteiger partial charge in [0, 0.05) is 22.7 Å². The Bertz CT molecular complexity index is 1090. The van der Waals surface area contributed by atoms with E-state index < -0.39 is 0 Å². The maximum Gasteiger partial charge on any atom is 0.143 e. The lowest BCUT2D eigenvalue weighted by molar-refractivity contribution is 0.415. The third-order valence-electron chi connectivity index (χ3n) is 4.52. The van der Waals surface area contributed by atoms with Crippen LogP contribution in [0.2, 0.25) is 0 Å². The number of anilines is 2. The Balaban J connectivity index is 1.82. The van der Waals surface area contributed by atoms with Crippen molar-refractivity contribution in [1.29, 1.82) is 0 Å². The molecule has 5 heteroatoms. The zero-order valence-corrected chi connectivity index (χ0v) is 15.7. The molecule has 0 fully saturated rings. The molecule has 1 N–H and O–H groups in total. The van der Waals surface area contributed by atoms with Gasteiger partial charge in [-0.05, 0) is 42.7 Å². The number of ether oxygens (including phenoxy) is 1. The molecule has 4 rings (SSSR count). The molecule has 0 aliphatic rings. The van der Waals surface area contributed by atoms with Gasteiger partial charge in [-0.25, -0.2) is 9.97 Å². The van der Waals surface area contributed by atoms with Crippen LogP contribution >= 0.6 is 11.3 Å². The highest BCUT2D eigenvalue weighted by atomic mass is 32.1. The van der Waals surface area contributed by atoms with Crippen LogP contribution < -0.4 is 10.1 Å². The van der Waals surface area contributed by atoms with Gasteiger partial charge in [-0.3, -0.25) is 0 Å². The quantitative estimate of drug-likeness (QED) is 0.504. The van der Waals surface area contributed by atoms with Gasteiger partial charge in [0.15, 0.2) is 0 Å². The lowest BCUT2D eigenvalue weighted by Gasteiger charge is -2.10. The second-order valence-electron chi connectivity index (χ2n) is 6.21. The number of benzene rings is 2. The SMILES string of the molecule is COc1cccc(Nc2ncnc3scc(-c4ccc(C)c(C)c4)c23)c1. The number of nitrogens with one attached hydrogen (secondary N) is 1. The van der Waals surface area contributed by atoms with Crippen LogP contribution in [0.15, 0.2) is 54.2 Å². The van der Waals surface area contributed by atoms with Crippen LogP contribution in [-0.2, 0) is 0 Å². The number of hydrogen-bond acceptors (Lipinski definition) is 5. The van der Waals surface area contributed by atoms with Crippen LogP contribution in [0.5, 0.6) is 5.75 Å². The van der Waals surface area contributed by atoms with E-state index in [0.717, 1.165) is 33.0 Å². The normalized spacial score (nSPS) is 10.9. The fraction of sp³-hybridized carbons (Fsp3) is 0.143. The predicted octanol–water partition coefficient (Wildman–Crippen LogP) is 5.73. The summed E-state index contributed by atoms with van der Waals surface area (Å²) >= 11 is 1.64. The Morgan fingerprint density at radius 1 is 1.00 bits per heavy atom. The van der Waals surface area contributed by atoms with Gasteiger partial charge in [0.2, 0.25) is 0 Å². The molecule has 0 saturated carbocycles. The van der Waals surface area contributed by atoms with Gasteiger partial charge >= 0.3 is 0 Å². The highest BCUT2D eigenvalue weighted by molar-refractivity contribution is 7.17. The van der Waals surface area contributed by atoms with Gasteiger partial charge in [-0.2, -0.15) is 0 Å². The van der Waals surface area contributed by atoms with Crippen molar-refractivity contribution in [2.24, 2.45) is 0 Å². The number of aryl methyl sites for hydroxylation is 2. The van der Waals surface area contributed by atoms with Gasteiger partial charge in [0.25, 0.3) is 0 Å². The van der Waals surface area contributed by atoms with E-state index in [1.54, 1.807) is 24.8 Å². The average molecular weight is 361 g/mol. The summed E-state index contributed by atoms with van der Waals surface area (Å²) in [5.74, 6) is 1.61. The van der Waals surface area contributed by atoms with Crippen LogP contribution in [0.25, 0.3) is 21.3 Å². The molecule has 26 heavy (non-hydrogen) atoms. The fourth-order valence-electron chi connectivity index (χ4n) is 2.93. The summed E-state index contributed by atoms with van der Waals surface area (Å²) in [6.07, 6.45) is 1.60. The summed E-state index contributed by atoms with van der Waals surface area (Å²) in [5.41, 5.74) is 5.84. The minimum absolute atomic E-state index is 0.803. The largest absolute Gasteiger partial charge is 0.497 e. The Morgan fingerprint density at radius 2 is 1.88 bits per heavy atom. The molecule has 0 aliphatic carbocycles. The second-order valence-corrected chi connectivity index (χ2v) is 7.07. The molecule has 4 nitrogen and oxygen atoms in total. The Labute approximate surface area is 156 Å². The molecule has 4 aromatic rings. The van der Waals surface area contributed by atoms with Crippen molar-refractivity contribution in [3.8, 4) is 16.9 Å². The highest BCUT2D eigenvalue weighted by Crippen LogP contribution is 2.38. The third kappa shape index (κ3) is 3.02. The van der Waals surface area contributed by atoms with Gasteiger partial charge in [-0.15, -0.1) is 11.3 Å². The number of aromatic nitrogens is 2. The minimum atomic E-state index is 0.803. The molecule has 2 aromatic carbocycles. The van der Waals surface area contributed by atoms with Gasteiger partial charge in [0.05, 0.1) is 12.5 Å². The zero-order chi connectivity index (χ0) is 18.1. The Hall–Kier alpha value is -2.92. The van der Waals surface area contributed by atoms with E-state index in [4.69, 9.17) is 4.74 Å². The van der Waals surface area contributed by atoms with Gasteiger partial charge in [0.1, 0.15) is 22.7 Å². The molecule has 0 bridgehead atoms. The summed E-state index contributed by atoms with van der Waals surface area (Å²) < 4.78 is 5.31. The molecule has 0 unspecified atom stereocenters. The molecule has 2 aromatic heterocycles. The summed E-state index contributed by atoms with van der Waals surface area (Å²) in [6, 6.07) is 14.4. The molecule has 0 amide bonds. The zero-order valence-electron chi connectivity index (χ0n) is 14.9.